The van der Waals surface area contributed by atoms with E-state index in [9.17, 15) is 4.79 Å². The molecule has 2 N–H and O–H groups in total. The van der Waals surface area contributed by atoms with Gasteiger partial charge in [0, 0.05) is 36.6 Å². The number of pyridine rings is 1. The summed E-state index contributed by atoms with van der Waals surface area (Å²) in [5.41, 5.74) is 7.84. The van der Waals surface area contributed by atoms with Crippen molar-refractivity contribution in [1.29, 1.82) is 0 Å². The summed E-state index contributed by atoms with van der Waals surface area (Å²) in [4.78, 5) is 22.3. The lowest BCUT2D eigenvalue weighted by Crippen LogP contribution is -2.27. The van der Waals surface area contributed by atoms with Crippen LogP contribution in [0.5, 0.6) is 5.75 Å². The van der Waals surface area contributed by atoms with Crippen LogP contribution in [0.4, 0.5) is 0 Å². The number of aliphatic imine (C=N–C) groups is 1. The average Bonchev–Trinajstić information content (AvgIpc) is 3.14. The minimum Gasteiger partial charge on any atom is -0.484 e. The molecule has 4 bridgehead atoms. The van der Waals surface area contributed by atoms with E-state index in [2.05, 4.69) is 9.98 Å². The van der Waals surface area contributed by atoms with Crippen molar-refractivity contribution in [2.75, 3.05) is 6.54 Å². The first-order valence-electron chi connectivity index (χ1n) is 9.72. The highest BCUT2D eigenvalue weighted by Crippen LogP contribution is 2.28. The summed E-state index contributed by atoms with van der Waals surface area (Å²) in [6, 6.07) is 7.87. The molecule has 1 amide bonds. The number of carbonyl (C=O) groups is 1. The number of nitrogens with zero attached hydrogens (tertiary/aromatic N) is 3. The molecule has 1 unspecified atom stereocenters. The van der Waals surface area contributed by atoms with Crippen molar-refractivity contribution in [3.63, 3.8) is 0 Å². The number of aromatic nitrogens is 1. The molecular weight excluding hydrogens is 376 g/mol. The fourth-order valence-electron chi connectivity index (χ4n) is 3.31. The molecule has 0 saturated carbocycles. The van der Waals surface area contributed by atoms with Gasteiger partial charge in [0.2, 0.25) is 0 Å². The zero-order valence-corrected chi connectivity index (χ0v) is 16.4. The van der Waals surface area contributed by atoms with Crippen LogP contribution < -0.4 is 10.5 Å². The lowest BCUT2D eigenvalue weighted by Gasteiger charge is -2.18. The molecule has 2 aromatic rings. The van der Waals surface area contributed by atoms with Crippen LogP contribution >= 0.6 is 0 Å². The number of allylic oxidation sites excluding steroid dienone is 5. The van der Waals surface area contributed by atoms with Crippen LogP contribution in [0.3, 0.4) is 0 Å². The number of primary amides is 1. The highest BCUT2D eigenvalue weighted by atomic mass is 16.5. The second-order valence-electron chi connectivity index (χ2n) is 6.85. The molecule has 2 aliphatic rings. The molecule has 3 heterocycles. The maximum atomic E-state index is 11.9. The third kappa shape index (κ3) is 4.55. The smallest absolute Gasteiger partial charge is 0.265 e. The number of rotatable bonds is 1. The number of hydrogen-bond donors (Lipinski definition) is 1. The van der Waals surface area contributed by atoms with Crippen LogP contribution in [0.1, 0.15) is 12.0 Å². The molecule has 0 spiro atoms. The zero-order valence-electron chi connectivity index (χ0n) is 16.4. The Morgan fingerprint density at radius 1 is 1.17 bits per heavy atom. The molecule has 30 heavy (non-hydrogen) atoms. The van der Waals surface area contributed by atoms with Crippen LogP contribution in [-0.4, -0.2) is 34.7 Å². The van der Waals surface area contributed by atoms with Gasteiger partial charge in [0.25, 0.3) is 5.91 Å². The highest BCUT2D eigenvalue weighted by molar-refractivity contribution is 5.92. The Hall–Kier alpha value is -3.93. The number of ether oxygens (including phenoxy) is 1. The van der Waals surface area contributed by atoms with Crippen LogP contribution in [0.25, 0.3) is 17.0 Å². The van der Waals surface area contributed by atoms with Crippen molar-refractivity contribution in [3.05, 3.63) is 90.6 Å². The maximum absolute atomic E-state index is 11.9. The molecule has 6 nitrogen and oxygen atoms in total. The van der Waals surface area contributed by atoms with E-state index in [4.69, 9.17) is 10.5 Å². The Balaban J connectivity index is 1.72. The first kappa shape index (κ1) is 19.4. The molecule has 0 saturated heterocycles. The van der Waals surface area contributed by atoms with E-state index in [1.165, 1.54) is 0 Å². The lowest BCUT2D eigenvalue weighted by atomic mass is 10.1. The quantitative estimate of drug-likeness (QED) is 0.794. The van der Waals surface area contributed by atoms with Gasteiger partial charge in [-0.15, -0.1) is 0 Å². The second kappa shape index (κ2) is 9.05. The van der Waals surface area contributed by atoms with E-state index < -0.39 is 5.91 Å². The predicted molar refractivity (Wildman–Crippen MR) is 120 cm³/mol. The number of hydrogen-bond acceptors (Lipinski definition) is 5. The third-order valence-electron chi connectivity index (χ3n) is 4.72. The van der Waals surface area contributed by atoms with Crippen molar-refractivity contribution >= 4 is 29.1 Å². The van der Waals surface area contributed by atoms with Crippen LogP contribution in [0.2, 0.25) is 0 Å². The van der Waals surface area contributed by atoms with Gasteiger partial charge < -0.3 is 15.4 Å². The first-order valence-corrected chi connectivity index (χ1v) is 9.72. The van der Waals surface area contributed by atoms with E-state index in [0.717, 1.165) is 16.5 Å². The number of carbonyl (C=O) groups excluding carboxylic acids is 1. The van der Waals surface area contributed by atoms with Gasteiger partial charge >= 0.3 is 0 Å². The zero-order chi connectivity index (χ0) is 20.8. The molecule has 2 aliphatic heterocycles. The van der Waals surface area contributed by atoms with Gasteiger partial charge in [0.05, 0.1) is 12.1 Å². The summed E-state index contributed by atoms with van der Waals surface area (Å²) in [5, 5.41) is 0.911. The van der Waals surface area contributed by atoms with E-state index in [0.29, 0.717) is 24.4 Å². The van der Waals surface area contributed by atoms with Crippen LogP contribution in [-0.2, 0) is 4.79 Å². The molecule has 150 valence electrons. The first-order chi connectivity index (χ1) is 14.7. The second-order valence-corrected chi connectivity index (χ2v) is 6.85. The lowest BCUT2D eigenvalue weighted by molar-refractivity contribution is -0.115. The monoisotopic (exact) mass is 398 g/mol. The molecule has 6 heteroatoms. The molecule has 1 aromatic heterocycles. The average molecular weight is 398 g/mol. The van der Waals surface area contributed by atoms with E-state index in [1.54, 1.807) is 35.8 Å². The Bertz CT molecular complexity index is 1130. The minimum absolute atomic E-state index is 0.320. The van der Waals surface area contributed by atoms with E-state index in [-0.39, 0.29) is 6.10 Å². The Morgan fingerprint density at radius 3 is 2.97 bits per heavy atom. The predicted octanol–water partition coefficient (Wildman–Crippen LogP) is 3.74. The molecule has 1 aromatic carbocycles. The van der Waals surface area contributed by atoms with Gasteiger partial charge in [-0.05, 0) is 29.8 Å². The largest absolute Gasteiger partial charge is 0.484 e. The molecular formula is C24H22N4O2. The van der Waals surface area contributed by atoms with Crippen molar-refractivity contribution in [3.8, 4) is 5.75 Å². The van der Waals surface area contributed by atoms with Crippen molar-refractivity contribution in [1.82, 2.24) is 9.88 Å². The van der Waals surface area contributed by atoms with Gasteiger partial charge in [-0.2, -0.15) is 0 Å². The standard InChI is InChI=1S/C24H22N4O2/c25-24(29)22-16-19-17-28(22)14-13-26-11-6-4-2-1-3-5-7-18-8-9-21-20(15-18)23(30-19)10-12-27-21/h1-5,7-16,19H,6,17H2,(H2,25,29). The fourth-order valence-corrected chi connectivity index (χ4v) is 3.31. The normalized spacial score (nSPS) is 18.7. The summed E-state index contributed by atoms with van der Waals surface area (Å²) >= 11 is 0. The van der Waals surface area contributed by atoms with Crippen LogP contribution in [0, 0.1) is 0 Å². The highest BCUT2D eigenvalue weighted by Gasteiger charge is 2.27. The number of nitrogens with two attached hydrogens (primary N) is 1. The Morgan fingerprint density at radius 2 is 2.07 bits per heavy atom. The van der Waals surface area contributed by atoms with Gasteiger partial charge in [-0.25, -0.2) is 0 Å². The molecule has 0 aliphatic carbocycles. The molecule has 0 fully saturated rings. The molecule has 4 rings (SSSR count). The number of benzene rings is 1. The Kier molecular flexibility index (Phi) is 5.85. The fraction of sp³-hybridized carbons (Fsp3) is 0.125. The topological polar surface area (TPSA) is 80.8 Å². The number of amides is 1. The van der Waals surface area contributed by atoms with E-state index >= 15 is 0 Å². The van der Waals surface area contributed by atoms with Gasteiger partial charge in [-0.1, -0.05) is 42.5 Å². The van der Waals surface area contributed by atoms with Crippen molar-refractivity contribution < 1.29 is 9.53 Å². The molecule has 1 atom stereocenters. The third-order valence-corrected chi connectivity index (χ3v) is 4.72. The van der Waals surface area contributed by atoms with Crippen molar-refractivity contribution in [2.45, 2.75) is 12.5 Å². The van der Waals surface area contributed by atoms with Gasteiger partial charge in [0.15, 0.2) is 0 Å². The summed E-state index contributed by atoms with van der Waals surface area (Å²) in [7, 11) is 0. The van der Waals surface area contributed by atoms with Gasteiger partial charge in [0.1, 0.15) is 17.6 Å². The minimum atomic E-state index is -0.501. The summed E-state index contributed by atoms with van der Waals surface area (Å²) in [6.07, 6.45) is 21.0. The summed E-state index contributed by atoms with van der Waals surface area (Å²) in [6.45, 7) is 0.470. The van der Waals surface area contributed by atoms with Crippen LogP contribution in [0.15, 0.2) is 90.0 Å². The summed E-state index contributed by atoms with van der Waals surface area (Å²) < 4.78 is 6.23. The van der Waals surface area contributed by atoms with E-state index in [1.807, 2.05) is 60.7 Å². The van der Waals surface area contributed by atoms with Gasteiger partial charge in [-0.3, -0.25) is 14.8 Å². The number of fused-ring (bicyclic) bond motifs is 3. The maximum Gasteiger partial charge on any atom is 0.265 e. The SMILES string of the molecule is NC(=O)C1=CC2CN1C=CN=CCC=CC=CC=Cc1ccc3nccc(c3c1)O2. The summed E-state index contributed by atoms with van der Waals surface area (Å²) in [5.74, 6) is 0.208. The van der Waals surface area contributed by atoms with Crippen molar-refractivity contribution in [2.24, 2.45) is 10.7 Å². The molecule has 0 radical (unpaired) electrons. The Labute approximate surface area is 175 Å².